The third-order valence-electron chi connectivity index (χ3n) is 8.74. The molecule has 0 saturated carbocycles. The van der Waals surface area contributed by atoms with E-state index in [2.05, 4.69) is 153 Å². The van der Waals surface area contributed by atoms with Crippen LogP contribution in [-0.4, -0.2) is 11.7 Å². The standard InChI is InChI=1S/C39H31BN2O/c1-39(2,3)29-21-22-41-33(25-29)28-18-20-36-32(24-28)40-31-23-27(26-11-6-4-7-12-26)17-19-34(31)42(30-13-8-5-9-14-30)35-15-10-16-37(43-36)38(35)40/h4-25H,1-3H3. The Balaban J connectivity index is 1.37. The van der Waals surface area contributed by atoms with Crippen molar-refractivity contribution in [1.29, 1.82) is 0 Å². The van der Waals surface area contributed by atoms with Gasteiger partial charge in [0.25, 0.3) is 6.71 Å². The van der Waals surface area contributed by atoms with E-state index in [0.717, 1.165) is 34.1 Å². The molecule has 8 rings (SSSR count). The van der Waals surface area contributed by atoms with Crippen LogP contribution in [0.1, 0.15) is 26.3 Å². The van der Waals surface area contributed by atoms with Gasteiger partial charge in [-0.1, -0.05) is 93.6 Å². The highest BCUT2D eigenvalue weighted by Crippen LogP contribution is 2.41. The van der Waals surface area contributed by atoms with Gasteiger partial charge in [0.15, 0.2) is 0 Å². The van der Waals surface area contributed by atoms with Crippen LogP contribution < -0.4 is 26.0 Å². The van der Waals surface area contributed by atoms with Crippen LogP contribution >= 0.6 is 0 Å². The zero-order valence-electron chi connectivity index (χ0n) is 24.6. The average molecular weight is 555 g/mol. The summed E-state index contributed by atoms with van der Waals surface area (Å²) in [5.74, 6) is 1.81. The number of nitrogens with zero attached hydrogens (tertiary/aromatic N) is 2. The molecule has 5 aromatic carbocycles. The first kappa shape index (κ1) is 25.6. The van der Waals surface area contributed by atoms with Crippen LogP contribution in [0.2, 0.25) is 0 Å². The number of hydrogen-bond acceptors (Lipinski definition) is 3. The van der Waals surface area contributed by atoms with E-state index in [1.807, 2.05) is 6.20 Å². The molecule has 3 heterocycles. The van der Waals surface area contributed by atoms with Crippen LogP contribution in [0.5, 0.6) is 11.5 Å². The number of rotatable bonds is 3. The second kappa shape index (κ2) is 9.74. The Labute approximate surface area is 253 Å². The molecule has 0 radical (unpaired) electrons. The zero-order chi connectivity index (χ0) is 29.1. The van der Waals surface area contributed by atoms with Gasteiger partial charge in [0.2, 0.25) is 0 Å². The fourth-order valence-corrected chi connectivity index (χ4v) is 6.57. The number of pyridine rings is 1. The van der Waals surface area contributed by atoms with E-state index in [1.54, 1.807) is 0 Å². The van der Waals surface area contributed by atoms with E-state index >= 15 is 0 Å². The van der Waals surface area contributed by atoms with E-state index in [4.69, 9.17) is 9.72 Å². The largest absolute Gasteiger partial charge is 0.458 e. The third kappa shape index (κ3) is 4.25. The first-order chi connectivity index (χ1) is 21.0. The minimum absolute atomic E-state index is 0.0133. The highest BCUT2D eigenvalue weighted by molar-refractivity contribution is 6.99. The molecule has 0 aliphatic carbocycles. The molecule has 0 bridgehead atoms. The first-order valence-electron chi connectivity index (χ1n) is 14.9. The van der Waals surface area contributed by atoms with Crippen LogP contribution in [0.3, 0.4) is 0 Å². The summed E-state index contributed by atoms with van der Waals surface area (Å²) in [6, 6.07) is 45.5. The van der Waals surface area contributed by atoms with Crippen molar-refractivity contribution >= 4 is 40.2 Å². The fourth-order valence-electron chi connectivity index (χ4n) is 6.57. The van der Waals surface area contributed by atoms with Crippen molar-refractivity contribution in [2.75, 3.05) is 4.90 Å². The van der Waals surface area contributed by atoms with Gasteiger partial charge in [-0.3, -0.25) is 4.98 Å². The van der Waals surface area contributed by atoms with Gasteiger partial charge in [-0.05, 0) is 98.7 Å². The predicted octanol–water partition coefficient (Wildman–Crippen LogP) is 8.12. The number of anilines is 3. The lowest BCUT2D eigenvalue weighted by molar-refractivity contribution is 0.487. The van der Waals surface area contributed by atoms with E-state index in [9.17, 15) is 0 Å². The Morgan fingerprint density at radius 3 is 2.14 bits per heavy atom. The number of hydrogen-bond donors (Lipinski definition) is 0. The molecular weight excluding hydrogens is 523 g/mol. The van der Waals surface area contributed by atoms with Gasteiger partial charge in [-0.2, -0.15) is 0 Å². The molecule has 0 saturated heterocycles. The Bertz CT molecular complexity index is 2000. The summed E-state index contributed by atoms with van der Waals surface area (Å²) < 4.78 is 6.66. The topological polar surface area (TPSA) is 25.4 Å². The minimum atomic E-state index is 0.0133. The van der Waals surface area contributed by atoms with Crippen LogP contribution in [0, 0.1) is 0 Å². The maximum absolute atomic E-state index is 6.66. The summed E-state index contributed by atoms with van der Waals surface area (Å²) in [5, 5.41) is 0. The molecule has 0 amide bonds. The maximum Gasteiger partial charge on any atom is 0.256 e. The van der Waals surface area contributed by atoms with Crippen LogP contribution in [-0.2, 0) is 5.41 Å². The molecular formula is C39H31BN2O. The van der Waals surface area contributed by atoms with Gasteiger partial charge in [-0.25, -0.2) is 0 Å². The molecule has 6 aromatic rings. The highest BCUT2D eigenvalue weighted by atomic mass is 16.5. The Kier molecular flexibility index (Phi) is 5.80. The van der Waals surface area contributed by atoms with E-state index in [1.165, 1.54) is 38.8 Å². The summed E-state index contributed by atoms with van der Waals surface area (Å²) in [5.41, 5.74) is 12.9. The third-order valence-corrected chi connectivity index (χ3v) is 8.74. The molecule has 0 N–H and O–H groups in total. The van der Waals surface area contributed by atoms with Gasteiger partial charge in [-0.15, -0.1) is 0 Å². The van der Waals surface area contributed by atoms with Crippen LogP contribution in [0.4, 0.5) is 17.1 Å². The lowest BCUT2D eigenvalue weighted by Crippen LogP contribution is -2.59. The Morgan fingerprint density at radius 2 is 1.35 bits per heavy atom. The van der Waals surface area contributed by atoms with E-state index < -0.39 is 0 Å². The molecule has 0 fully saturated rings. The van der Waals surface area contributed by atoms with Crippen molar-refractivity contribution in [3.05, 3.63) is 139 Å². The number of para-hydroxylation sites is 1. The quantitative estimate of drug-likeness (QED) is 0.206. The second-order valence-corrected chi connectivity index (χ2v) is 12.5. The van der Waals surface area contributed by atoms with Crippen molar-refractivity contribution in [3.8, 4) is 33.9 Å². The molecule has 3 nitrogen and oxygen atoms in total. The summed E-state index contributed by atoms with van der Waals surface area (Å²) in [6.07, 6.45) is 1.93. The molecule has 2 aliphatic rings. The lowest BCUT2D eigenvalue weighted by Gasteiger charge is -2.40. The van der Waals surface area contributed by atoms with Gasteiger partial charge < -0.3 is 9.64 Å². The first-order valence-corrected chi connectivity index (χ1v) is 14.9. The number of aromatic nitrogens is 1. The molecule has 4 heteroatoms. The smallest absolute Gasteiger partial charge is 0.256 e. The molecule has 1 aromatic heterocycles. The zero-order valence-corrected chi connectivity index (χ0v) is 24.6. The molecule has 206 valence electrons. The highest BCUT2D eigenvalue weighted by Gasteiger charge is 2.42. The molecule has 0 atom stereocenters. The summed E-state index contributed by atoms with van der Waals surface area (Å²) >= 11 is 0. The minimum Gasteiger partial charge on any atom is -0.458 e. The van der Waals surface area contributed by atoms with E-state index in [0.29, 0.717) is 0 Å². The van der Waals surface area contributed by atoms with Gasteiger partial charge >= 0.3 is 0 Å². The van der Waals surface area contributed by atoms with Crippen molar-refractivity contribution < 1.29 is 4.74 Å². The number of fused-ring (bicyclic) bond motifs is 4. The summed E-state index contributed by atoms with van der Waals surface area (Å²) in [6.45, 7) is 6.74. The van der Waals surface area contributed by atoms with Crippen molar-refractivity contribution in [3.63, 3.8) is 0 Å². The monoisotopic (exact) mass is 554 g/mol. The SMILES string of the molecule is CC(C)(C)c1ccnc(-c2ccc3c(c2)B2c4cc(-c5ccccc5)ccc4N(c4ccccc4)c4cccc(c42)O3)c1. The van der Waals surface area contributed by atoms with Gasteiger partial charge in [0.05, 0.1) is 5.69 Å². The van der Waals surface area contributed by atoms with Crippen molar-refractivity contribution in [1.82, 2.24) is 4.98 Å². The Hall–Kier alpha value is -5.09. The van der Waals surface area contributed by atoms with Crippen LogP contribution in [0.15, 0.2) is 134 Å². The molecule has 0 unspecified atom stereocenters. The average Bonchev–Trinajstić information content (AvgIpc) is 3.05. The summed E-state index contributed by atoms with van der Waals surface area (Å²) in [4.78, 5) is 7.18. The second-order valence-electron chi connectivity index (χ2n) is 12.5. The molecule has 2 aliphatic heterocycles. The summed E-state index contributed by atoms with van der Waals surface area (Å²) in [7, 11) is 0. The Morgan fingerprint density at radius 1 is 0.605 bits per heavy atom. The van der Waals surface area contributed by atoms with Gasteiger partial charge in [0.1, 0.15) is 11.5 Å². The normalized spacial score (nSPS) is 13.1. The molecule has 43 heavy (non-hydrogen) atoms. The van der Waals surface area contributed by atoms with E-state index in [-0.39, 0.29) is 12.1 Å². The fraction of sp³-hybridized carbons (Fsp3) is 0.103. The number of benzene rings is 5. The maximum atomic E-state index is 6.66. The molecule has 0 spiro atoms. The van der Waals surface area contributed by atoms with Gasteiger partial charge in [0, 0.05) is 23.3 Å². The lowest BCUT2D eigenvalue weighted by atomic mass is 9.34. The predicted molar refractivity (Wildman–Crippen MR) is 180 cm³/mol. The van der Waals surface area contributed by atoms with Crippen LogP contribution in [0.25, 0.3) is 22.4 Å². The van der Waals surface area contributed by atoms with Crippen molar-refractivity contribution in [2.24, 2.45) is 0 Å². The number of ether oxygens (including phenoxy) is 1. The van der Waals surface area contributed by atoms with Crippen molar-refractivity contribution in [2.45, 2.75) is 26.2 Å².